The molecule has 0 radical (unpaired) electrons. The Hall–Kier alpha value is -0.930. The Bertz CT molecular complexity index is 306. The topological polar surface area (TPSA) is 48.1 Å². The Morgan fingerprint density at radius 3 is 2.62 bits per heavy atom. The first-order chi connectivity index (χ1) is 7.57. The fourth-order valence-electron chi connectivity index (χ4n) is 1.57. The molecule has 0 spiro atoms. The average molecular weight is 222 g/mol. The molecule has 0 amide bonds. The molecule has 1 atom stereocenters. The third-order valence-electron chi connectivity index (χ3n) is 2.52. The lowest BCUT2D eigenvalue weighted by atomic mass is 9.97. The normalized spacial score (nSPS) is 14.8. The zero-order chi connectivity index (χ0) is 12.0. The number of aryl methyl sites for hydroxylation is 1. The predicted octanol–water partition coefficient (Wildman–Crippen LogP) is 1.94. The molecule has 1 heterocycles. The van der Waals surface area contributed by atoms with E-state index in [2.05, 4.69) is 24.0 Å². The van der Waals surface area contributed by atoms with Gasteiger partial charge in [-0.05, 0) is 31.9 Å². The summed E-state index contributed by atoms with van der Waals surface area (Å²) in [4.78, 5) is 4.41. The molecule has 1 aromatic rings. The number of hydrogen-bond acceptors (Lipinski definition) is 3. The van der Waals surface area contributed by atoms with Crippen LogP contribution in [0.15, 0.2) is 18.3 Å². The molecule has 3 nitrogen and oxygen atoms in total. The van der Waals surface area contributed by atoms with Gasteiger partial charge in [0, 0.05) is 30.5 Å². The van der Waals surface area contributed by atoms with Gasteiger partial charge in [-0.3, -0.25) is 4.98 Å². The van der Waals surface area contributed by atoms with Crippen molar-refractivity contribution >= 4 is 0 Å². The van der Waals surface area contributed by atoms with Gasteiger partial charge < -0.3 is 10.5 Å². The van der Waals surface area contributed by atoms with E-state index in [9.17, 15) is 0 Å². The van der Waals surface area contributed by atoms with E-state index < -0.39 is 0 Å². The lowest BCUT2D eigenvalue weighted by molar-refractivity contribution is 0.101. The van der Waals surface area contributed by atoms with E-state index in [4.69, 9.17) is 10.5 Å². The molecule has 1 aromatic heterocycles. The zero-order valence-electron chi connectivity index (χ0n) is 10.5. The van der Waals surface area contributed by atoms with Crippen LogP contribution in [0.5, 0.6) is 0 Å². The second-order valence-electron chi connectivity index (χ2n) is 4.48. The van der Waals surface area contributed by atoms with Crippen LogP contribution in [0.1, 0.15) is 32.0 Å². The summed E-state index contributed by atoms with van der Waals surface area (Å²) in [5.41, 5.74) is 8.09. The lowest BCUT2D eigenvalue weighted by Crippen LogP contribution is -2.43. The van der Waals surface area contributed by atoms with E-state index >= 15 is 0 Å². The van der Waals surface area contributed by atoms with Crippen molar-refractivity contribution in [3.8, 4) is 0 Å². The smallest absolute Gasteiger partial charge is 0.0647 e. The molecule has 0 bridgehead atoms. The molecule has 1 unspecified atom stereocenters. The van der Waals surface area contributed by atoms with Gasteiger partial charge >= 0.3 is 0 Å². The van der Waals surface area contributed by atoms with Gasteiger partial charge in [-0.2, -0.15) is 0 Å². The monoisotopic (exact) mass is 222 g/mol. The molecule has 16 heavy (non-hydrogen) atoms. The maximum absolute atomic E-state index is 6.14. The quantitative estimate of drug-likeness (QED) is 0.800. The summed E-state index contributed by atoms with van der Waals surface area (Å²) >= 11 is 0. The molecular weight excluding hydrogens is 200 g/mol. The fourth-order valence-corrected chi connectivity index (χ4v) is 1.57. The Labute approximate surface area is 98.0 Å². The van der Waals surface area contributed by atoms with Crippen LogP contribution in [-0.4, -0.2) is 23.7 Å². The fraction of sp³-hybridized carbons (Fsp3) is 0.615. The summed E-state index contributed by atoms with van der Waals surface area (Å²) in [6.07, 6.45) is 3.69. The molecule has 1 rings (SSSR count). The number of rotatable bonds is 6. The van der Waals surface area contributed by atoms with Crippen molar-refractivity contribution in [1.82, 2.24) is 4.98 Å². The van der Waals surface area contributed by atoms with Crippen LogP contribution in [0.2, 0.25) is 0 Å². The summed E-state index contributed by atoms with van der Waals surface area (Å²) in [6, 6.07) is 4.16. The molecule has 0 saturated heterocycles. The molecule has 0 fully saturated rings. The van der Waals surface area contributed by atoms with Gasteiger partial charge in [-0.25, -0.2) is 0 Å². The Kier molecular flexibility index (Phi) is 4.90. The number of aromatic nitrogens is 1. The van der Waals surface area contributed by atoms with Gasteiger partial charge in [0.05, 0.1) is 6.61 Å². The van der Waals surface area contributed by atoms with Gasteiger partial charge in [-0.15, -0.1) is 0 Å². The highest BCUT2D eigenvalue weighted by molar-refractivity contribution is 5.15. The predicted molar refractivity (Wildman–Crippen MR) is 66.4 cm³/mol. The molecule has 0 saturated carbocycles. The first-order valence-electron chi connectivity index (χ1n) is 5.88. The van der Waals surface area contributed by atoms with Crippen LogP contribution in [0, 0.1) is 0 Å². The number of hydrogen-bond donors (Lipinski definition) is 1. The zero-order valence-corrected chi connectivity index (χ0v) is 10.5. The summed E-state index contributed by atoms with van der Waals surface area (Å²) in [5.74, 6) is 0. The molecule has 3 heteroatoms. The van der Waals surface area contributed by atoms with Gasteiger partial charge in [0.25, 0.3) is 0 Å². The van der Waals surface area contributed by atoms with E-state index in [0.29, 0.717) is 13.2 Å². The highest BCUT2D eigenvalue weighted by atomic mass is 16.5. The van der Waals surface area contributed by atoms with Crippen LogP contribution >= 0.6 is 0 Å². The highest BCUT2D eigenvalue weighted by Gasteiger charge is 2.19. The Morgan fingerprint density at radius 2 is 2.12 bits per heavy atom. The number of ether oxygens (including phenoxy) is 1. The minimum Gasteiger partial charge on any atom is -0.380 e. The van der Waals surface area contributed by atoms with Crippen molar-refractivity contribution in [3.05, 3.63) is 29.6 Å². The molecule has 0 aliphatic rings. The minimum absolute atomic E-state index is 0.337. The molecular formula is C13H22N2O. The van der Waals surface area contributed by atoms with Gasteiger partial charge in [0.15, 0.2) is 0 Å². The molecule has 0 aliphatic carbocycles. The van der Waals surface area contributed by atoms with Crippen molar-refractivity contribution in [1.29, 1.82) is 0 Å². The average Bonchev–Trinajstić information content (AvgIpc) is 2.27. The van der Waals surface area contributed by atoms with E-state index in [-0.39, 0.29) is 5.54 Å². The van der Waals surface area contributed by atoms with Crippen LogP contribution in [-0.2, 0) is 17.6 Å². The molecule has 2 N–H and O–H groups in total. The summed E-state index contributed by atoms with van der Waals surface area (Å²) in [6.45, 7) is 7.37. The molecule has 0 aromatic carbocycles. The van der Waals surface area contributed by atoms with Gasteiger partial charge in [0.1, 0.15) is 0 Å². The lowest BCUT2D eigenvalue weighted by Gasteiger charge is -2.23. The minimum atomic E-state index is -0.337. The summed E-state index contributed by atoms with van der Waals surface area (Å²) in [5, 5.41) is 0. The molecule has 90 valence electrons. The van der Waals surface area contributed by atoms with Crippen molar-refractivity contribution in [2.75, 3.05) is 13.2 Å². The second-order valence-corrected chi connectivity index (χ2v) is 4.48. The second kappa shape index (κ2) is 5.97. The summed E-state index contributed by atoms with van der Waals surface area (Å²) < 4.78 is 5.36. The maximum atomic E-state index is 6.14. The van der Waals surface area contributed by atoms with E-state index in [0.717, 1.165) is 18.5 Å². The highest BCUT2D eigenvalue weighted by Crippen LogP contribution is 2.10. The van der Waals surface area contributed by atoms with Crippen LogP contribution in [0.4, 0.5) is 0 Å². The Balaban J connectivity index is 2.57. The van der Waals surface area contributed by atoms with E-state index in [1.54, 1.807) is 0 Å². The van der Waals surface area contributed by atoms with Crippen molar-refractivity contribution in [2.45, 2.75) is 39.2 Å². The Morgan fingerprint density at radius 1 is 1.38 bits per heavy atom. The van der Waals surface area contributed by atoms with Crippen LogP contribution < -0.4 is 5.73 Å². The van der Waals surface area contributed by atoms with Gasteiger partial charge in [0.2, 0.25) is 0 Å². The van der Waals surface area contributed by atoms with E-state index in [1.807, 2.05) is 20.0 Å². The number of nitrogens with zero attached hydrogens (tertiary/aromatic N) is 1. The largest absolute Gasteiger partial charge is 0.380 e. The maximum Gasteiger partial charge on any atom is 0.0647 e. The third kappa shape index (κ3) is 4.29. The van der Waals surface area contributed by atoms with Crippen LogP contribution in [0.3, 0.4) is 0 Å². The van der Waals surface area contributed by atoms with Crippen LogP contribution in [0.25, 0.3) is 0 Å². The standard InChI is InChI=1S/C13H22N2O/c1-4-11-6-7-12(15-9-11)8-13(3,14)10-16-5-2/h6-7,9H,4-5,8,10,14H2,1-3H3. The van der Waals surface area contributed by atoms with E-state index in [1.165, 1.54) is 5.56 Å². The third-order valence-corrected chi connectivity index (χ3v) is 2.52. The number of pyridine rings is 1. The first kappa shape index (κ1) is 13.1. The van der Waals surface area contributed by atoms with Crippen molar-refractivity contribution < 1.29 is 4.74 Å². The van der Waals surface area contributed by atoms with Gasteiger partial charge in [-0.1, -0.05) is 13.0 Å². The first-order valence-corrected chi connectivity index (χ1v) is 5.88. The molecule has 0 aliphatic heterocycles. The number of nitrogens with two attached hydrogens (primary N) is 1. The van der Waals surface area contributed by atoms with Crippen molar-refractivity contribution in [3.63, 3.8) is 0 Å². The summed E-state index contributed by atoms with van der Waals surface area (Å²) in [7, 11) is 0. The van der Waals surface area contributed by atoms with Crippen molar-refractivity contribution in [2.24, 2.45) is 5.73 Å². The SMILES string of the molecule is CCOCC(C)(N)Cc1ccc(CC)cn1.